The maximum Gasteiger partial charge on any atom is 0.419 e. The first-order valence-corrected chi connectivity index (χ1v) is 13.3. The second-order valence-corrected chi connectivity index (χ2v) is 11.1. The quantitative estimate of drug-likeness (QED) is 0.283. The number of alkyl halides is 3. The Bertz CT molecular complexity index is 1130. The van der Waals surface area contributed by atoms with Gasteiger partial charge in [-0.25, -0.2) is 4.39 Å². The summed E-state index contributed by atoms with van der Waals surface area (Å²) in [4.78, 5) is 24.3. The van der Waals surface area contributed by atoms with Crippen molar-refractivity contribution in [3.63, 3.8) is 0 Å². The van der Waals surface area contributed by atoms with Crippen LogP contribution >= 0.6 is 24.0 Å². The van der Waals surface area contributed by atoms with Crippen molar-refractivity contribution in [1.82, 2.24) is 18.8 Å². The van der Waals surface area contributed by atoms with E-state index in [1.165, 1.54) is 14.7 Å². The summed E-state index contributed by atoms with van der Waals surface area (Å²) >= 11 is 0. The smallest absolute Gasteiger partial charge is 0.355 e. The van der Waals surface area contributed by atoms with E-state index in [9.17, 15) is 35.6 Å². The van der Waals surface area contributed by atoms with E-state index in [1.807, 2.05) is 4.90 Å². The summed E-state index contributed by atoms with van der Waals surface area (Å²) in [6.07, 6.45) is -0.785. The van der Waals surface area contributed by atoms with Crippen molar-refractivity contribution in [1.29, 1.82) is 5.26 Å². The number of hydrogen-bond acceptors (Lipinski definition) is 5. The molecule has 3 saturated heterocycles. The average molecular weight is 678 g/mol. The fourth-order valence-electron chi connectivity index (χ4n) is 4.48. The topological polar surface area (TPSA) is 114 Å². The molecule has 0 aromatic heterocycles. The van der Waals surface area contributed by atoms with E-state index in [2.05, 4.69) is 11.4 Å². The molecule has 2 amide bonds. The number of nitrogens with zero attached hydrogens (tertiary/aromatic N) is 4. The molecule has 0 radical (unpaired) electrons. The molecule has 0 bridgehead atoms. The Morgan fingerprint density at radius 2 is 1.79 bits per heavy atom. The van der Waals surface area contributed by atoms with Crippen LogP contribution in [0.2, 0.25) is 0 Å². The zero-order valence-corrected chi connectivity index (χ0v) is 23.6. The molecule has 3 aliphatic heterocycles. The van der Waals surface area contributed by atoms with Crippen molar-refractivity contribution in [2.45, 2.75) is 38.4 Å². The Kier molecular flexibility index (Phi) is 11.7. The van der Waals surface area contributed by atoms with Crippen LogP contribution in [0.4, 0.5) is 17.6 Å². The molecule has 1 atom stereocenters. The van der Waals surface area contributed by atoms with Crippen molar-refractivity contribution in [2.75, 3.05) is 39.3 Å². The van der Waals surface area contributed by atoms with Crippen LogP contribution in [-0.2, 0) is 32.5 Å². The van der Waals surface area contributed by atoms with Gasteiger partial charge in [-0.3, -0.25) is 9.59 Å². The number of nitrogens with one attached hydrogen (secondary N) is 1. The normalized spacial score (nSPS) is 20.8. The fourth-order valence-corrected chi connectivity index (χ4v) is 6.27. The highest BCUT2D eigenvalue weighted by molar-refractivity contribution is 14.0. The minimum Gasteiger partial charge on any atom is -0.355 e. The molecule has 0 aliphatic carbocycles. The Balaban J connectivity index is 0.000000397. The third-order valence-electron chi connectivity index (χ3n) is 6.56. The summed E-state index contributed by atoms with van der Waals surface area (Å²) in [7, 11) is -3.51. The van der Waals surface area contributed by atoms with Crippen molar-refractivity contribution >= 4 is 46.5 Å². The van der Waals surface area contributed by atoms with Gasteiger partial charge in [0.15, 0.2) is 0 Å². The molecule has 3 fully saturated rings. The number of amides is 2. The lowest BCUT2D eigenvalue weighted by atomic mass is 9.98. The van der Waals surface area contributed by atoms with Gasteiger partial charge in [-0.15, -0.1) is 24.0 Å². The van der Waals surface area contributed by atoms with Crippen LogP contribution in [0.25, 0.3) is 0 Å². The molecule has 0 unspecified atom stereocenters. The van der Waals surface area contributed by atoms with Gasteiger partial charge in [0.1, 0.15) is 5.82 Å². The number of rotatable bonds is 6. The molecule has 0 saturated carbocycles. The van der Waals surface area contributed by atoms with Crippen LogP contribution in [0.3, 0.4) is 0 Å². The standard InChI is InChI=1S/C14H22N4O3S.C9H7F4NO.HI.H2/c15-8-12-9-18(10-12)22(20,21)17-7-3-4-13(11-17)14(19)16-5-1-2-6-16;10-8-2-1-6(4-14-5-15)3-7(8)9(11,12)13;;/h12-13H,1-7,9-11H2;1-3,5H,4H2,(H,14,15);2*1H/t13-;;;/m0.../s1. The van der Waals surface area contributed by atoms with Crippen molar-refractivity contribution < 1.29 is 37.0 Å². The Morgan fingerprint density at radius 3 is 2.37 bits per heavy atom. The molecule has 4 rings (SSSR count). The summed E-state index contributed by atoms with van der Waals surface area (Å²) in [6.45, 7) is 2.86. The average Bonchev–Trinajstić information content (AvgIpc) is 3.37. The number of piperidine rings is 1. The summed E-state index contributed by atoms with van der Waals surface area (Å²) in [5.41, 5.74) is -1.14. The first-order chi connectivity index (χ1) is 17.5. The van der Waals surface area contributed by atoms with Gasteiger partial charge in [0.05, 0.1) is 23.5 Å². The van der Waals surface area contributed by atoms with Crippen molar-refractivity contribution in [2.24, 2.45) is 11.8 Å². The van der Waals surface area contributed by atoms with Gasteiger partial charge in [0.25, 0.3) is 10.2 Å². The molecule has 38 heavy (non-hydrogen) atoms. The molecule has 1 N–H and O–H groups in total. The summed E-state index contributed by atoms with van der Waals surface area (Å²) in [5.74, 6) is -1.62. The van der Waals surface area contributed by atoms with Crippen LogP contribution in [-0.4, -0.2) is 73.5 Å². The van der Waals surface area contributed by atoms with Gasteiger partial charge < -0.3 is 10.2 Å². The van der Waals surface area contributed by atoms with Crippen molar-refractivity contribution in [3.8, 4) is 6.07 Å². The van der Waals surface area contributed by atoms with E-state index in [1.54, 1.807) is 0 Å². The maximum atomic E-state index is 12.8. The Morgan fingerprint density at radius 1 is 1.13 bits per heavy atom. The van der Waals surface area contributed by atoms with Gasteiger partial charge in [-0.05, 0) is 43.4 Å². The number of benzene rings is 1. The SMILES string of the molecule is I.N#CC1CN(S(=O)(=O)N2CCC[C@H](C(=O)N3CCCC3)C2)C1.O=CNCc1ccc(F)c(C(F)(F)F)c1.[HH]. The minimum absolute atomic E-state index is 0. The van der Waals surface area contributed by atoms with E-state index in [0.29, 0.717) is 19.0 Å². The molecule has 1 aromatic carbocycles. The molecular formula is C23H32F4IN5O4S. The van der Waals surface area contributed by atoms with Crippen LogP contribution < -0.4 is 5.32 Å². The van der Waals surface area contributed by atoms with E-state index in [-0.39, 0.29) is 74.9 Å². The van der Waals surface area contributed by atoms with E-state index >= 15 is 0 Å². The Hall–Kier alpha value is -2.03. The highest BCUT2D eigenvalue weighted by Gasteiger charge is 2.42. The molecule has 0 spiro atoms. The van der Waals surface area contributed by atoms with Crippen LogP contribution in [0.1, 0.15) is 38.2 Å². The van der Waals surface area contributed by atoms with Gasteiger partial charge in [0, 0.05) is 47.2 Å². The lowest BCUT2D eigenvalue weighted by molar-refractivity contribution is -0.140. The summed E-state index contributed by atoms with van der Waals surface area (Å²) in [6, 6.07) is 4.67. The van der Waals surface area contributed by atoms with Gasteiger partial charge >= 0.3 is 6.18 Å². The second-order valence-electron chi connectivity index (χ2n) is 9.19. The third kappa shape index (κ3) is 7.99. The molecule has 9 nitrogen and oxygen atoms in total. The van der Waals surface area contributed by atoms with E-state index < -0.39 is 27.8 Å². The number of carbonyl (C=O) groups excluding carboxylic acids is 2. The zero-order chi connectivity index (χ0) is 27.2. The summed E-state index contributed by atoms with van der Waals surface area (Å²) in [5, 5.41) is 11.0. The molecule has 214 valence electrons. The van der Waals surface area contributed by atoms with Gasteiger partial charge in [-0.2, -0.15) is 35.5 Å². The Labute approximate surface area is 237 Å². The third-order valence-corrected chi connectivity index (χ3v) is 8.49. The fraction of sp³-hybridized carbons (Fsp3) is 0.609. The predicted molar refractivity (Wildman–Crippen MR) is 142 cm³/mol. The van der Waals surface area contributed by atoms with Crippen molar-refractivity contribution in [3.05, 3.63) is 35.1 Å². The highest BCUT2D eigenvalue weighted by atomic mass is 127. The highest BCUT2D eigenvalue weighted by Crippen LogP contribution is 2.32. The number of nitriles is 1. The lowest BCUT2D eigenvalue weighted by Crippen LogP contribution is -2.57. The molecular weight excluding hydrogens is 645 g/mol. The number of hydrogen-bond donors (Lipinski definition) is 1. The summed E-state index contributed by atoms with van der Waals surface area (Å²) < 4.78 is 77.3. The predicted octanol–water partition coefficient (Wildman–Crippen LogP) is 2.98. The van der Waals surface area contributed by atoms with Crippen LogP contribution in [0, 0.1) is 29.0 Å². The van der Waals surface area contributed by atoms with Crippen LogP contribution in [0.15, 0.2) is 18.2 Å². The number of halogens is 5. The zero-order valence-electron chi connectivity index (χ0n) is 20.5. The molecule has 3 aliphatic rings. The van der Waals surface area contributed by atoms with Gasteiger partial charge in [0.2, 0.25) is 12.3 Å². The first-order valence-electron chi connectivity index (χ1n) is 11.9. The molecule has 3 heterocycles. The number of likely N-dealkylation sites (tertiary alicyclic amines) is 1. The lowest BCUT2D eigenvalue weighted by Gasteiger charge is -2.40. The first kappa shape index (κ1) is 32.2. The largest absolute Gasteiger partial charge is 0.419 e. The maximum absolute atomic E-state index is 12.8. The van der Waals surface area contributed by atoms with Crippen LogP contribution in [0.5, 0.6) is 0 Å². The molecule has 1 aromatic rings. The number of carbonyl (C=O) groups is 2. The second kappa shape index (κ2) is 13.9. The molecule has 15 heteroatoms. The monoisotopic (exact) mass is 677 g/mol. The van der Waals surface area contributed by atoms with E-state index in [4.69, 9.17) is 5.26 Å². The van der Waals surface area contributed by atoms with E-state index in [0.717, 1.165) is 44.8 Å². The minimum atomic E-state index is -4.72. The van der Waals surface area contributed by atoms with Gasteiger partial charge in [-0.1, -0.05) is 6.07 Å².